The third-order valence-electron chi connectivity index (χ3n) is 6.32. The molecule has 4 heterocycles. The quantitative estimate of drug-likeness (QED) is 0.657. The molecular formula is C24H25N5O2. The van der Waals surface area contributed by atoms with Gasteiger partial charge in [-0.15, -0.1) is 10.2 Å². The number of benzene rings is 1. The Labute approximate surface area is 181 Å². The zero-order valence-corrected chi connectivity index (χ0v) is 17.5. The Kier molecular flexibility index (Phi) is 5.02. The number of nitrogens with zero attached hydrogens (tertiary/aromatic N) is 5. The number of rotatable bonds is 3. The summed E-state index contributed by atoms with van der Waals surface area (Å²) < 4.78 is 2.01. The van der Waals surface area contributed by atoms with Crippen molar-refractivity contribution in [2.24, 2.45) is 0 Å². The number of amides is 2. The minimum absolute atomic E-state index is 0.0602. The van der Waals surface area contributed by atoms with Gasteiger partial charge < -0.3 is 9.80 Å². The van der Waals surface area contributed by atoms with Gasteiger partial charge in [-0.25, -0.2) is 0 Å². The third-order valence-corrected chi connectivity index (χ3v) is 6.32. The molecule has 0 spiro atoms. The Hall–Kier alpha value is -3.48. The van der Waals surface area contributed by atoms with Crippen LogP contribution in [0.15, 0.2) is 54.9 Å². The Morgan fingerprint density at radius 1 is 1.10 bits per heavy atom. The van der Waals surface area contributed by atoms with Crippen molar-refractivity contribution in [2.75, 3.05) is 13.1 Å². The number of hydrogen-bond acceptors (Lipinski definition) is 4. The molecule has 0 radical (unpaired) electrons. The maximum Gasteiger partial charge on any atom is 0.225 e. The number of likely N-dealkylation sites (tertiary alicyclic amines) is 1. The van der Waals surface area contributed by atoms with E-state index in [1.165, 1.54) is 0 Å². The number of fused-ring (bicyclic) bond motifs is 2. The van der Waals surface area contributed by atoms with Crippen LogP contribution in [0.1, 0.15) is 55.1 Å². The van der Waals surface area contributed by atoms with Crippen molar-refractivity contribution in [1.29, 1.82) is 0 Å². The highest BCUT2D eigenvalue weighted by Crippen LogP contribution is 2.34. The molecule has 1 saturated heterocycles. The van der Waals surface area contributed by atoms with Crippen molar-refractivity contribution in [3.63, 3.8) is 0 Å². The zero-order chi connectivity index (χ0) is 21.4. The van der Waals surface area contributed by atoms with E-state index < -0.39 is 0 Å². The van der Waals surface area contributed by atoms with Crippen LogP contribution in [0.3, 0.4) is 0 Å². The van der Waals surface area contributed by atoms with Crippen LogP contribution in [0.4, 0.5) is 0 Å². The number of carbonyl (C=O) groups excluding carboxylic acids is 2. The summed E-state index contributed by atoms with van der Waals surface area (Å²) in [7, 11) is 0. The Morgan fingerprint density at radius 3 is 2.81 bits per heavy atom. The fraction of sp³-hybridized carbons (Fsp3) is 0.333. The molecule has 2 aliphatic heterocycles. The number of pyridine rings is 1. The Bertz CT molecular complexity index is 1170. The summed E-state index contributed by atoms with van der Waals surface area (Å²) >= 11 is 0. The summed E-state index contributed by atoms with van der Waals surface area (Å²) in [5, 5.41) is 8.68. The summed E-state index contributed by atoms with van der Waals surface area (Å²) in [5.74, 6) is 1.07. The molecule has 7 heteroatoms. The lowest BCUT2D eigenvalue weighted by Crippen LogP contribution is -2.42. The molecule has 2 atom stereocenters. The monoisotopic (exact) mass is 415 g/mol. The Morgan fingerprint density at radius 2 is 1.94 bits per heavy atom. The lowest BCUT2D eigenvalue weighted by Gasteiger charge is -2.36. The highest BCUT2D eigenvalue weighted by atomic mass is 16.2. The minimum Gasteiger partial charge on any atom is -0.342 e. The van der Waals surface area contributed by atoms with Crippen molar-refractivity contribution in [3.8, 4) is 0 Å². The van der Waals surface area contributed by atoms with E-state index in [0.29, 0.717) is 6.54 Å². The van der Waals surface area contributed by atoms with E-state index in [0.717, 1.165) is 42.0 Å². The minimum atomic E-state index is -0.277. The van der Waals surface area contributed by atoms with Crippen molar-refractivity contribution in [3.05, 3.63) is 71.8 Å². The van der Waals surface area contributed by atoms with Gasteiger partial charge >= 0.3 is 0 Å². The molecule has 2 aliphatic rings. The van der Waals surface area contributed by atoms with Gasteiger partial charge in [-0.2, -0.15) is 0 Å². The van der Waals surface area contributed by atoms with Crippen LogP contribution >= 0.6 is 0 Å². The van der Waals surface area contributed by atoms with E-state index in [9.17, 15) is 9.59 Å². The van der Waals surface area contributed by atoms with E-state index >= 15 is 0 Å². The molecule has 3 aromatic rings. The van der Waals surface area contributed by atoms with Crippen LogP contribution in [0.5, 0.6) is 0 Å². The highest BCUT2D eigenvalue weighted by molar-refractivity contribution is 5.82. The number of piperidine rings is 1. The Balaban J connectivity index is 1.36. The maximum absolute atomic E-state index is 13.3. The summed E-state index contributed by atoms with van der Waals surface area (Å²) in [5.41, 5.74) is 2.90. The third kappa shape index (κ3) is 3.60. The van der Waals surface area contributed by atoms with Crippen LogP contribution in [0.25, 0.3) is 11.7 Å². The van der Waals surface area contributed by atoms with Crippen molar-refractivity contribution in [2.45, 2.75) is 38.1 Å². The zero-order valence-electron chi connectivity index (χ0n) is 17.5. The van der Waals surface area contributed by atoms with Crippen molar-refractivity contribution in [1.82, 2.24) is 24.4 Å². The van der Waals surface area contributed by atoms with Crippen LogP contribution in [-0.2, 0) is 9.59 Å². The number of carbonyl (C=O) groups is 2. The van der Waals surface area contributed by atoms with Gasteiger partial charge in [0.15, 0.2) is 5.65 Å². The second-order valence-corrected chi connectivity index (χ2v) is 8.26. The van der Waals surface area contributed by atoms with E-state index in [-0.39, 0.29) is 30.2 Å². The van der Waals surface area contributed by atoms with Gasteiger partial charge in [-0.3, -0.25) is 14.0 Å². The van der Waals surface area contributed by atoms with Gasteiger partial charge in [-0.1, -0.05) is 30.3 Å². The maximum atomic E-state index is 13.3. The van der Waals surface area contributed by atoms with Crippen molar-refractivity contribution < 1.29 is 9.59 Å². The summed E-state index contributed by atoms with van der Waals surface area (Å²) in [6.45, 7) is 2.90. The predicted octanol–water partition coefficient (Wildman–Crippen LogP) is 3.40. The van der Waals surface area contributed by atoms with Crippen molar-refractivity contribution >= 4 is 23.5 Å². The number of aromatic nitrogens is 3. The summed E-state index contributed by atoms with van der Waals surface area (Å²) in [6, 6.07) is 13.5. The van der Waals surface area contributed by atoms with E-state index in [4.69, 9.17) is 0 Å². The average Bonchev–Trinajstić information content (AvgIpc) is 3.23. The van der Waals surface area contributed by atoms with E-state index in [1.807, 2.05) is 64.0 Å². The number of hydrogen-bond donors (Lipinski definition) is 0. The standard InChI is InChI=1S/C24H25N5O2/c1-17(30)28-14-11-18-7-2-3-9-20(18)21(28)15-23(31)27-12-6-8-19(16-27)24-26-25-22-10-4-5-13-29(22)24/h2-5,7,9-11,13-14,19,21H,6,8,12,15-16H2,1H3. The molecule has 0 saturated carbocycles. The molecule has 1 fully saturated rings. The van der Waals surface area contributed by atoms with Gasteiger partial charge in [0.05, 0.1) is 12.5 Å². The second kappa shape index (κ2) is 7.98. The highest BCUT2D eigenvalue weighted by Gasteiger charge is 2.32. The molecule has 0 N–H and O–H groups in total. The smallest absolute Gasteiger partial charge is 0.225 e. The molecule has 5 rings (SSSR count). The van der Waals surface area contributed by atoms with Gasteiger partial charge in [0.2, 0.25) is 11.8 Å². The SMILES string of the molecule is CC(=O)N1C=Cc2ccccc2C1CC(=O)N1CCCC(c2nnc3ccccn23)C1. The molecule has 31 heavy (non-hydrogen) atoms. The fourth-order valence-corrected chi connectivity index (χ4v) is 4.76. The van der Waals surface area contributed by atoms with Gasteiger partial charge in [-0.05, 0) is 42.2 Å². The van der Waals surface area contributed by atoms with Crippen LogP contribution < -0.4 is 0 Å². The van der Waals surface area contributed by atoms with E-state index in [1.54, 1.807) is 18.0 Å². The topological polar surface area (TPSA) is 70.8 Å². The molecule has 2 aromatic heterocycles. The molecule has 0 bridgehead atoms. The summed E-state index contributed by atoms with van der Waals surface area (Å²) in [4.78, 5) is 29.2. The molecule has 7 nitrogen and oxygen atoms in total. The molecule has 1 aromatic carbocycles. The van der Waals surface area contributed by atoms with Crippen LogP contribution in [0.2, 0.25) is 0 Å². The first-order valence-electron chi connectivity index (χ1n) is 10.8. The van der Waals surface area contributed by atoms with Gasteiger partial charge in [0.25, 0.3) is 0 Å². The summed E-state index contributed by atoms with van der Waals surface area (Å²) in [6.07, 6.45) is 7.88. The van der Waals surface area contributed by atoms with Crippen LogP contribution in [0, 0.1) is 0 Å². The van der Waals surface area contributed by atoms with Gasteiger partial charge in [0, 0.05) is 38.3 Å². The fourth-order valence-electron chi connectivity index (χ4n) is 4.76. The second-order valence-electron chi connectivity index (χ2n) is 8.26. The van der Waals surface area contributed by atoms with Gasteiger partial charge in [0.1, 0.15) is 5.82 Å². The largest absolute Gasteiger partial charge is 0.342 e. The lowest BCUT2D eigenvalue weighted by atomic mass is 9.92. The molecule has 0 aliphatic carbocycles. The normalized spacial score (nSPS) is 20.7. The first kappa shape index (κ1) is 19.5. The molecule has 158 valence electrons. The first-order chi connectivity index (χ1) is 15.1. The molecule has 2 amide bonds. The molecule has 2 unspecified atom stereocenters. The predicted molar refractivity (Wildman–Crippen MR) is 117 cm³/mol. The van der Waals surface area contributed by atoms with Crippen LogP contribution in [-0.4, -0.2) is 49.3 Å². The first-order valence-corrected chi connectivity index (χ1v) is 10.8. The lowest BCUT2D eigenvalue weighted by molar-refractivity contribution is -0.135. The molecular weight excluding hydrogens is 390 g/mol. The average molecular weight is 415 g/mol. The van der Waals surface area contributed by atoms with E-state index in [2.05, 4.69) is 10.2 Å².